The number of anilines is 1. The van der Waals surface area contributed by atoms with Gasteiger partial charge in [0.2, 0.25) is 0 Å². The number of piperazine rings is 1. The molecule has 7 heteroatoms. The number of hydrogen-bond donors (Lipinski definition) is 0. The predicted octanol–water partition coefficient (Wildman–Crippen LogP) is 2.06. The molecule has 0 aromatic carbocycles. The predicted molar refractivity (Wildman–Crippen MR) is 85.4 cm³/mol. The van der Waals surface area contributed by atoms with Crippen molar-refractivity contribution >= 4 is 23.5 Å². The lowest BCUT2D eigenvalue weighted by Gasteiger charge is -2.35. The summed E-state index contributed by atoms with van der Waals surface area (Å²) in [5.74, 6) is 1.28. The molecular formula is C15H18N4O2S. The lowest BCUT2D eigenvalue weighted by Crippen LogP contribution is -2.49. The smallest absolute Gasteiger partial charge is 0.289 e. The molecule has 6 nitrogen and oxygen atoms in total. The molecule has 0 aliphatic carbocycles. The molecule has 0 N–H and O–H groups in total. The van der Waals surface area contributed by atoms with Crippen LogP contribution in [0.25, 0.3) is 0 Å². The second-order valence-corrected chi connectivity index (χ2v) is 5.88. The molecule has 0 unspecified atom stereocenters. The van der Waals surface area contributed by atoms with E-state index in [1.165, 1.54) is 18.0 Å². The lowest BCUT2D eigenvalue weighted by molar-refractivity contribution is 0.0714. The maximum absolute atomic E-state index is 12.2. The number of thioether (sulfide) groups is 1. The van der Waals surface area contributed by atoms with Crippen LogP contribution in [0, 0.1) is 6.92 Å². The van der Waals surface area contributed by atoms with Gasteiger partial charge in [0.15, 0.2) is 10.9 Å². The van der Waals surface area contributed by atoms with E-state index in [0.717, 1.165) is 29.8 Å². The Morgan fingerprint density at radius 1 is 1.27 bits per heavy atom. The topological polar surface area (TPSA) is 62.5 Å². The van der Waals surface area contributed by atoms with Crippen LogP contribution in [0.1, 0.15) is 16.2 Å². The van der Waals surface area contributed by atoms with Gasteiger partial charge in [-0.05, 0) is 25.3 Å². The third-order valence-electron chi connectivity index (χ3n) is 3.63. The fourth-order valence-electron chi connectivity index (χ4n) is 2.47. The van der Waals surface area contributed by atoms with Crippen molar-refractivity contribution in [3.8, 4) is 0 Å². The number of amides is 1. The quantitative estimate of drug-likeness (QED) is 0.638. The highest BCUT2D eigenvalue weighted by Crippen LogP contribution is 2.19. The standard InChI is InChI=1S/C15H18N4O2S/c1-11-10-13(17-15(16-11)22-2)18-5-7-19(8-6-18)14(20)12-4-3-9-21-12/h3-4,9-10H,5-8H2,1-2H3. The van der Waals surface area contributed by atoms with Crippen molar-refractivity contribution in [2.75, 3.05) is 37.3 Å². The molecule has 0 atom stereocenters. The summed E-state index contributed by atoms with van der Waals surface area (Å²) in [6, 6.07) is 5.42. The molecule has 0 saturated carbocycles. The van der Waals surface area contributed by atoms with E-state index in [0.29, 0.717) is 18.8 Å². The maximum Gasteiger partial charge on any atom is 0.289 e. The average molecular weight is 318 g/mol. The third kappa shape index (κ3) is 3.09. The van der Waals surface area contributed by atoms with Crippen molar-refractivity contribution < 1.29 is 9.21 Å². The molecule has 1 fully saturated rings. The van der Waals surface area contributed by atoms with E-state index in [2.05, 4.69) is 14.9 Å². The van der Waals surface area contributed by atoms with Gasteiger partial charge in [0.05, 0.1) is 6.26 Å². The van der Waals surface area contributed by atoms with Crippen LogP contribution in [-0.4, -0.2) is 53.2 Å². The highest BCUT2D eigenvalue weighted by atomic mass is 32.2. The summed E-state index contributed by atoms with van der Waals surface area (Å²) in [5, 5.41) is 0.782. The van der Waals surface area contributed by atoms with E-state index < -0.39 is 0 Å². The summed E-state index contributed by atoms with van der Waals surface area (Å²) in [5.41, 5.74) is 0.962. The fourth-order valence-corrected chi connectivity index (χ4v) is 2.89. The van der Waals surface area contributed by atoms with Crippen molar-refractivity contribution in [2.24, 2.45) is 0 Å². The van der Waals surface area contributed by atoms with Crippen molar-refractivity contribution in [2.45, 2.75) is 12.1 Å². The zero-order valence-corrected chi connectivity index (χ0v) is 13.5. The number of hydrogen-bond acceptors (Lipinski definition) is 6. The zero-order valence-electron chi connectivity index (χ0n) is 12.7. The third-order valence-corrected chi connectivity index (χ3v) is 4.17. The van der Waals surface area contributed by atoms with E-state index >= 15 is 0 Å². The monoisotopic (exact) mass is 318 g/mol. The second-order valence-electron chi connectivity index (χ2n) is 5.11. The minimum Gasteiger partial charge on any atom is -0.459 e. The van der Waals surface area contributed by atoms with Crippen LogP contribution in [0.2, 0.25) is 0 Å². The van der Waals surface area contributed by atoms with E-state index in [1.54, 1.807) is 12.1 Å². The molecule has 3 rings (SSSR count). The van der Waals surface area contributed by atoms with Crippen LogP contribution < -0.4 is 4.90 Å². The molecule has 3 heterocycles. The van der Waals surface area contributed by atoms with Gasteiger partial charge < -0.3 is 14.2 Å². The Bertz CT molecular complexity index is 652. The second kappa shape index (κ2) is 6.39. The van der Waals surface area contributed by atoms with Crippen molar-refractivity contribution in [3.05, 3.63) is 35.9 Å². The fraction of sp³-hybridized carbons (Fsp3) is 0.400. The van der Waals surface area contributed by atoms with Gasteiger partial charge in [-0.3, -0.25) is 4.79 Å². The Labute approximate surface area is 133 Å². The Balaban J connectivity index is 1.67. The van der Waals surface area contributed by atoms with Crippen LogP contribution in [0.3, 0.4) is 0 Å². The van der Waals surface area contributed by atoms with Crippen LogP contribution in [0.5, 0.6) is 0 Å². The first-order valence-corrected chi connectivity index (χ1v) is 8.37. The van der Waals surface area contributed by atoms with Gasteiger partial charge in [-0.2, -0.15) is 0 Å². The van der Waals surface area contributed by atoms with Gasteiger partial charge in [-0.1, -0.05) is 11.8 Å². The Kier molecular flexibility index (Phi) is 4.33. The van der Waals surface area contributed by atoms with E-state index in [9.17, 15) is 4.79 Å². The highest BCUT2D eigenvalue weighted by Gasteiger charge is 2.24. The molecule has 1 aliphatic heterocycles. The number of furan rings is 1. The van der Waals surface area contributed by atoms with Gasteiger partial charge in [-0.25, -0.2) is 9.97 Å². The van der Waals surface area contributed by atoms with Crippen LogP contribution in [0.4, 0.5) is 5.82 Å². The average Bonchev–Trinajstić information content (AvgIpc) is 3.08. The number of nitrogens with zero attached hydrogens (tertiary/aromatic N) is 4. The lowest BCUT2D eigenvalue weighted by atomic mass is 10.2. The molecule has 116 valence electrons. The Morgan fingerprint density at radius 3 is 2.68 bits per heavy atom. The first-order valence-electron chi connectivity index (χ1n) is 7.15. The first kappa shape index (κ1) is 14.9. The summed E-state index contributed by atoms with van der Waals surface area (Å²) in [6.07, 6.45) is 3.50. The number of carbonyl (C=O) groups is 1. The Morgan fingerprint density at radius 2 is 2.05 bits per heavy atom. The Hall–Kier alpha value is -2.02. The molecule has 0 radical (unpaired) electrons. The summed E-state index contributed by atoms with van der Waals surface area (Å²) < 4.78 is 5.18. The van der Waals surface area contributed by atoms with Gasteiger partial charge in [0, 0.05) is 37.9 Å². The first-order chi connectivity index (χ1) is 10.7. The van der Waals surface area contributed by atoms with Crippen LogP contribution >= 0.6 is 11.8 Å². The summed E-state index contributed by atoms with van der Waals surface area (Å²) >= 11 is 1.54. The van der Waals surface area contributed by atoms with E-state index in [4.69, 9.17) is 4.42 Å². The molecule has 1 amide bonds. The molecule has 1 saturated heterocycles. The van der Waals surface area contributed by atoms with Crippen LogP contribution in [-0.2, 0) is 0 Å². The molecule has 1 aliphatic rings. The van der Waals surface area contributed by atoms with E-state index in [1.807, 2.05) is 24.1 Å². The number of carbonyl (C=O) groups excluding carboxylic acids is 1. The van der Waals surface area contributed by atoms with Crippen molar-refractivity contribution in [3.63, 3.8) is 0 Å². The number of aromatic nitrogens is 2. The largest absolute Gasteiger partial charge is 0.459 e. The van der Waals surface area contributed by atoms with Gasteiger partial charge in [0.25, 0.3) is 5.91 Å². The number of rotatable bonds is 3. The molecular weight excluding hydrogens is 300 g/mol. The summed E-state index contributed by atoms with van der Waals surface area (Å²) in [4.78, 5) is 25.2. The van der Waals surface area contributed by atoms with Gasteiger partial charge in [0.1, 0.15) is 5.82 Å². The molecule has 2 aromatic rings. The summed E-state index contributed by atoms with van der Waals surface area (Å²) in [7, 11) is 0. The SMILES string of the molecule is CSc1nc(C)cc(N2CCN(C(=O)c3ccco3)CC2)n1. The molecule has 2 aromatic heterocycles. The van der Waals surface area contributed by atoms with Crippen LogP contribution in [0.15, 0.2) is 34.0 Å². The minimum atomic E-state index is -0.0479. The molecule has 0 bridgehead atoms. The maximum atomic E-state index is 12.2. The van der Waals surface area contributed by atoms with Crippen molar-refractivity contribution in [1.82, 2.24) is 14.9 Å². The normalized spacial score (nSPS) is 15.2. The minimum absolute atomic E-state index is 0.0479. The van der Waals surface area contributed by atoms with Gasteiger partial charge >= 0.3 is 0 Å². The van der Waals surface area contributed by atoms with E-state index in [-0.39, 0.29) is 5.91 Å². The van der Waals surface area contributed by atoms with Gasteiger partial charge in [-0.15, -0.1) is 0 Å². The molecule has 0 spiro atoms. The summed E-state index contributed by atoms with van der Waals surface area (Å²) in [6.45, 7) is 4.82. The molecule has 22 heavy (non-hydrogen) atoms. The van der Waals surface area contributed by atoms with Crippen molar-refractivity contribution in [1.29, 1.82) is 0 Å². The number of aryl methyl sites for hydroxylation is 1. The zero-order chi connectivity index (χ0) is 15.5. The highest BCUT2D eigenvalue weighted by molar-refractivity contribution is 7.98.